The summed E-state index contributed by atoms with van der Waals surface area (Å²) in [5.74, 6) is -0.122. The molecule has 0 saturated carbocycles. The van der Waals surface area contributed by atoms with Crippen molar-refractivity contribution in [1.82, 2.24) is 4.72 Å². The average Bonchev–Trinajstić information content (AvgIpc) is 2.66. The summed E-state index contributed by atoms with van der Waals surface area (Å²) in [6, 6.07) is 11.4. The van der Waals surface area contributed by atoms with Gasteiger partial charge in [-0.1, -0.05) is 26.0 Å². The molecular weight excluding hydrogens is 380 g/mol. The molecule has 2 rings (SSSR count). The van der Waals surface area contributed by atoms with Gasteiger partial charge in [0, 0.05) is 18.8 Å². The zero-order chi connectivity index (χ0) is 20.7. The largest absolute Gasteiger partial charge is 0.497 e. The molecule has 0 amide bonds. The fourth-order valence-electron chi connectivity index (χ4n) is 2.54. The topological polar surface area (TPSA) is 105 Å². The molecule has 0 atom stereocenters. The van der Waals surface area contributed by atoms with Crippen molar-refractivity contribution < 1.29 is 23.1 Å². The van der Waals surface area contributed by atoms with Gasteiger partial charge in [-0.3, -0.25) is 0 Å². The molecule has 0 aliphatic carbocycles. The first kappa shape index (κ1) is 21.7. The maximum atomic E-state index is 12.5. The van der Waals surface area contributed by atoms with Crippen LogP contribution < -0.4 is 14.8 Å². The van der Waals surface area contributed by atoms with Crippen LogP contribution in [-0.2, 0) is 16.4 Å². The zero-order valence-electron chi connectivity index (χ0n) is 16.2. The number of nitrogens with one attached hydrogen (secondary N) is 2. The SMILES string of the molecule is COc1ccc(CCNS(=O)(=O)c2ccc(NCC(C)C)c(C(=O)O)c2)cc1. The van der Waals surface area contributed by atoms with Gasteiger partial charge in [-0.05, 0) is 48.2 Å². The Bertz CT molecular complexity index is 909. The van der Waals surface area contributed by atoms with Gasteiger partial charge < -0.3 is 15.2 Å². The highest BCUT2D eigenvalue weighted by Gasteiger charge is 2.19. The van der Waals surface area contributed by atoms with E-state index in [2.05, 4.69) is 10.0 Å². The molecule has 0 saturated heterocycles. The first-order valence-corrected chi connectivity index (χ1v) is 10.4. The number of anilines is 1. The van der Waals surface area contributed by atoms with Crippen LogP contribution in [0.1, 0.15) is 29.8 Å². The summed E-state index contributed by atoms with van der Waals surface area (Å²) in [7, 11) is -2.23. The van der Waals surface area contributed by atoms with Crippen molar-refractivity contribution in [1.29, 1.82) is 0 Å². The predicted octanol–water partition coefficient (Wildman–Crippen LogP) is 2.98. The van der Waals surface area contributed by atoms with Gasteiger partial charge in [-0.2, -0.15) is 0 Å². The summed E-state index contributed by atoms with van der Waals surface area (Å²) in [4.78, 5) is 11.5. The minimum Gasteiger partial charge on any atom is -0.497 e. The molecule has 152 valence electrons. The van der Waals surface area contributed by atoms with E-state index in [1.165, 1.54) is 18.2 Å². The Hall–Kier alpha value is -2.58. The molecular formula is C20H26N2O5S. The molecule has 0 bridgehead atoms. The third-order valence-electron chi connectivity index (χ3n) is 4.10. The van der Waals surface area contributed by atoms with Gasteiger partial charge in [-0.25, -0.2) is 17.9 Å². The van der Waals surface area contributed by atoms with E-state index in [-0.39, 0.29) is 17.0 Å². The van der Waals surface area contributed by atoms with Gasteiger partial charge in [-0.15, -0.1) is 0 Å². The molecule has 0 heterocycles. The number of sulfonamides is 1. The standard InChI is InChI=1S/C20H26N2O5S/c1-14(2)13-21-19-9-8-17(12-18(19)20(23)24)28(25,26)22-11-10-15-4-6-16(27-3)7-5-15/h4-9,12,14,21-22H,10-11,13H2,1-3H3,(H,23,24). The lowest BCUT2D eigenvalue weighted by Gasteiger charge is -2.13. The van der Waals surface area contributed by atoms with E-state index in [1.807, 2.05) is 38.1 Å². The number of carbonyl (C=O) groups is 1. The second kappa shape index (κ2) is 9.57. The minimum atomic E-state index is -3.81. The van der Waals surface area contributed by atoms with Crippen LogP contribution in [0.15, 0.2) is 47.4 Å². The summed E-state index contributed by atoms with van der Waals surface area (Å²) in [6.45, 7) is 4.79. The Morgan fingerprint density at radius 3 is 2.39 bits per heavy atom. The highest BCUT2D eigenvalue weighted by molar-refractivity contribution is 7.89. The van der Waals surface area contributed by atoms with Crippen LogP contribution in [-0.4, -0.2) is 39.7 Å². The van der Waals surface area contributed by atoms with Gasteiger partial charge in [0.05, 0.1) is 17.6 Å². The Morgan fingerprint density at radius 1 is 1.14 bits per heavy atom. The maximum Gasteiger partial charge on any atom is 0.337 e. The quantitative estimate of drug-likeness (QED) is 0.560. The fraction of sp³-hybridized carbons (Fsp3) is 0.350. The van der Waals surface area contributed by atoms with Crippen LogP contribution in [0.3, 0.4) is 0 Å². The van der Waals surface area contributed by atoms with Gasteiger partial charge in [0.2, 0.25) is 10.0 Å². The normalized spacial score (nSPS) is 11.4. The lowest BCUT2D eigenvalue weighted by Crippen LogP contribution is -2.26. The van der Waals surface area contributed by atoms with Gasteiger partial charge in [0.1, 0.15) is 5.75 Å². The van der Waals surface area contributed by atoms with Crippen LogP contribution in [0.5, 0.6) is 5.75 Å². The lowest BCUT2D eigenvalue weighted by atomic mass is 10.1. The molecule has 7 nitrogen and oxygen atoms in total. The second-order valence-electron chi connectivity index (χ2n) is 6.78. The number of benzene rings is 2. The van der Waals surface area contributed by atoms with Crippen molar-refractivity contribution in [2.75, 3.05) is 25.5 Å². The number of aromatic carboxylic acids is 1. The molecule has 0 aromatic heterocycles. The molecule has 0 aliphatic heterocycles. The zero-order valence-corrected chi connectivity index (χ0v) is 17.0. The van der Waals surface area contributed by atoms with Crippen LogP contribution in [0.4, 0.5) is 5.69 Å². The van der Waals surface area contributed by atoms with E-state index in [9.17, 15) is 18.3 Å². The highest BCUT2D eigenvalue weighted by Crippen LogP contribution is 2.21. The second-order valence-corrected chi connectivity index (χ2v) is 8.55. The molecule has 2 aromatic carbocycles. The van der Waals surface area contributed by atoms with Crippen molar-refractivity contribution in [3.05, 3.63) is 53.6 Å². The van der Waals surface area contributed by atoms with Crippen molar-refractivity contribution in [3.8, 4) is 5.75 Å². The summed E-state index contributed by atoms with van der Waals surface area (Å²) in [5.41, 5.74) is 1.29. The first-order chi connectivity index (χ1) is 13.2. The molecule has 2 aromatic rings. The van der Waals surface area contributed by atoms with Crippen LogP contribution in [0, 0.1) is 5.92 Å². The minimum absolute atomic E-state index is 0.0707. The monoisotopic (exact) mass is 406 g/mol. The molecule has 0 radical (unpaired) electrons. The Labute approximate surface area is 165 Å². The maximum absolute atomic E-state index is 12.5. The number of hydrogen-bond acceptors (Lipinski definition) is 5. The smallest absolute Gasteiger partial charge is 0.337 e. The Kier molecular flexibility index (Phi) is 7.42. The van der Waals surface area contributed by atoms with Crippen molar-refractivity contribution in [2.24, 2.45) is 5.92 Å². The number of methoxy groups -OCH3 is 1. The van der Waals surface area contributed by atoms with E-state index in [1.54, 1.807) is 7.11 Å². The van der Waals surface area contributed by atoms with E-state index in [4.69, 9.17) is 4.74 Å². The first-order valence-electron chi connectivity index (χ1n) is 8.96. The van der Waals surface area contributed by atoms with Crippen molar-refractivity contribution in [2.45, 2.75) is 25.2 Å². The van der Waals surface area contributed by atoms with Crippen LogP contribution in [0.2, 0.25) is 0 Å². The highest BCUT2D eigenvalue weighted by atomic mass is 32.2. The molecule has 8 heteroatoms. The van der Waals surface area contributed by atoms with Crippen LogP contribution in [0.25, 0.3) is 0 Å². The number of ether oxygens (including phenoxy) is 1. The van der Waals surface area contributed by atoms with Crippen molar-refractivity contribution >= 4 is 21.7 Å². The summed E-state index contributed by atoms with van der Waals surface area (Å²) < 4.78 is 32.7. The van der Waals surface area contributed by atoms with E-state index in [0.717, 1.165) is 11.3 Å². The van der Waals surface area contributed by atoms with Gasteiger partial charge >= 0.3 is 5.97 Å². The third kappa shape index (κ3) is 5.97. The third-order valence-corrected chi connectivity index (χ3v) is 5.56. The van der Waals surface area contributed by atoms with Crippen molar-refractivity contribution in [3.63, 3.8) is 0 Å². The number of rotatable bonds is 10. The molecule has 0 unspecified atom stereocenters. The molecule has 28 heavy (non-hydrogen) atoms. The van der Waals surface area contributed by atoms with E-state index in [0.29, 0.717) is 24.6 Å². The van der Waals surface area contributed by atoms with E-state index < -0.39 is 16.0 Å². The lowest BCUT2D eigenvalue weighted by molar-refractivity contribution is 0.0697. The van der Waals surface area contributed by atoms with Crippen LogP contribution >= 0.6 is 0 Å². The Morgan fingerprint density at radius 2 is 1.82 bits per heavy atom. The predicted molar refractivity (Wildman–Crippen MR) is 109 cm³/mol. The fourth-order valence-corrected chi connectivity index (χ4v) is 3.60. The van der Waals surface area contributed by atoms with E-state index >= 15 is 0 Å². The molecule has 0 spiro atoms. The molecule has 0 aliphatic rings. The van der Waals surface area contributed by atoms with Gasteiger partial charge in [0.15, 0.2) is 0 Å². The molecule has 0 fully saturated rings. The number of carboxylic acids is 1. The summed E-state index contributed by atoms with van der Waals surface area (Å²) in [5, 5.41) is 12.5. The number of carboxylic acid groups (broad SMARTS) is 1. The van der Waals surface area contributed by atoms with Gasteiger partial charge in [0.25, 0.3) is 0 Å². The Balaban J connectivity index is 2.08. The molecule has 3 N–H and O–H groups in total. The average molecular weight is 407 g/mol. The summed E-state index contributed by atoms with van der Waals surface area (Å²) in [6.07, 6.45) is 0.503. The summed E-state index contributed by atoms with van der Waals surface area (Å²) >= 11 is 0. The number of hydrogen-bond donors (Lipinski definition) is 3.